The Bertz CT molecular complexity index is 490. The number of aromatic nitrogens is 1. The van der Waals surface area contributed by atoms with Gasteiger partial charge in [0.1, 0.15) is 0 Å². The highest BCUT2D eigenvalue weighted by molar-refractivity contribution is 7.99. The summed E-state index contributed by atoms with van der Waals surface area (Å²) in [5, 5.41) is 11.9. The number of thiazole rings is 1. The fourth-order valence-corrected chi connectivity index (χ4v) is 3.90. The zero-order chi connectivity index (χ0) is 14.5. The standard InChI is InChI=1S/C13H18N2O3S2/c1-9-14-10(7-20-9)6-19-8-12(16)15-4-2-3-11(15)5-13(17)18/h7,11H,2-6,8H2,1H3,(H,17,18). The molecule has 0 radical (unpaired) electrons. The zero-order valence-electron chi connectivity index (χ0n) is 11.4. The van der Waals surface area contributed by atoms with Gasteiger partial charge in [-0.05, 0) is 19.8 Å². The Labute approximate surface area is 126 Å². The molecule has 1 unspecified atom stereocenters. The third kappa shape index (κ3) is 4.21. The first-order valence-corrected chi connectivity index (χ1v) is 8.59. The summed E-state index contributed by atoms with van der Waals surface area (Å²) in [5.41, 5.74) is 1.01. The van der Waals surface area contributed by atoms with Gasteiger partial charge in [0.2, 0.25) is 5.91 Å². The van der Waals surface area contributed by atoms with Crippen molar-refractivity contribution < 1.29 is 14.7 Å². The van der Waals surface area contributed by atoms with Gasteiger partial charge >= 0.3 is 5.97 Å². The van der Waals surface area contributed by atoms with Gasteiger partial charge < -0.3 is 10.0 Å². The SMILES string of the molecule is Cc1nc(CSCC(=O)N2CCCC2CC(=O)O)cs1. The number of amides is 1. The van der Waals surface area contributed by atoms with E-state index in [4.69, 9.17) is 5.11 Å². The Morgan fingerprint density at radius 2 is 2.40 bits per heavy atom. The predicted octanol–water partition coefficient (Wildman–Crippen LogP) is 2.15. The van der Waals surface area contributed by atoms with Crippen molar-refractivity contribution in [1.29, 1.82) is 0 Å². The maximum atomic E-state index is 12.1. The number of rotatable bonds is 6. The first-order valence-electron chi connectivity index (χ1n) is 6.56. The Hall–Kier alpha value is -1.08. The lowest BCUT2D eigenvalue weighted by molar-refractivity contribution is -0.139. The third-order valence-electron chi connectivity index (χ3n) is 3.25. The molecule has 0 bridgehead atoms. The molecule has 5 nitrogen and oxygen atoms in total. The molecule has 7 heteroatoms. The molecule has 1 aromatic heterocycles. The number of aliphatic carboxylic acids is 1. The summed E-state index contributed by atoms with van der Waals surface area (Å²) >= 11 is 3.15. The Morgan fingerprint density at radius 3 is 3.05 bits per heavy atom. The minimum absolute atomic E-state index is 0.0469. The van der Waals surface area contributed by atoms with Crippen molar-refractivity contribution in [3.63, 3.8) is 0 Å². The molecule has 0 saturated carbocycles. The van der Waals surface area contributed by atoms with Gasteiger partial charge in [-0.15, -0.1) is 23.1 Å². The summed E-state index contributed by atoms with van der Waals surface area (Å²) < 4.78 is 0. The van der Waals surface area contributed by atoms with Crippen LogP contribution in [0.2, 0.25) is 0 Å². The Morgan fingerprint density at radius 1 is 1.60 bits per heavy atom. The van der Waals surface area contributed by atoms with Crippen molar-refractivity contribution in [3.05, 3.63) is 16.1 Å². The smallest absolute Gasteiger partial charge is 0.305 e. The lowest BCUT2D eigenvalue weighted by Gasteiger charge is -2.23. The van der Waals surface area contributed by atoms with E-state index in [1.807, 2.05) is 12.3 Å². The molecule has 0 spiro atoms. The van der Waals surface area contributed by atoms with Crippen LogP contribution >= 0.6 is 23.1 Å². The summed E-state index contributed by atoms with van der Waals surface area (Å²) in [6.45, 7) is 2.65. The number of aryl methyl sites for hydroxylation is 1. The van der Waals surface area contributed by atoms with Gasteiger partial charge in [0.25, 0.3) is 0 Å². The number of carboxylic acids is 1. The Kier molecular flexibility index (Phi) is 5.42. The van der Waals surface area contributed by atoms with E-state index < -0.39 is 5.97 Å². The molecule has 1 fully saturated rings. The molecule has 1 N–H and O–H groups in total. The topological polar surface area (TPSA) is 70.5 Å². The number of thioether (sulfide) groups is 1. The first-order chi connectivity index (χ1) is 9.56. The van der Waals surface area contributed by atoms with Gasteiger partial charge in [0.05, 0.1) is 22.9 Å². The molecule has 1 aromatic rings. The quantitative estimate of drug-likeness (QED) is 0.871. The van der Waals surface area contributed by atoms with E-state index in [9.17, 15) is 9.59 Å². The van der Waals surface area contributed by atoms with Gasteiger partial charge in [0.15, 0.2) is 0 Å². The van der Waals surface area contributed by atoms with Crippen LogP contribution in [0.3, 0.4) is 0 Å². The van der Waals surface area contributed by atoms with Crippen LogP contribution in [-0.2, 0) is 15.3 Å². The van der Waals surface area contributed by atoms with Crippen LogP contribution in [-0.4, -0.2) is 45.2 Å². The number of carbonyl (C=O) groups excluding carboxylic acids is 1. The van der Waals surface area contributed by atoms with Gasteiger partial charge in [-0.2, -0.15) is 0 Å². The van der Waals surface area contributed by atoms with Crippen LogP contribution in [0.25, 0.3) is 0 Å². The molecule has 1 saturated heterocycles. The van der Waals surface area contributed by atoms with Crippen molar-refractivity contribution in [1.82, 2.24) is 9.88 Å². The van der Waals surface area contributed by atoms with E-state index in [0.29, 0.717) is 12.3 Å². The molecular weight excluding hydrogens is 296 g/mol. The lowest BCUT2D eigenvalue weighted by atomic mass is 10.1. The largest absolute Gasteiger partial charge is 0.481 e. The Balaban J connectivity index is 1.77. The molecule has 1 amide bonds. The summed E-state index contributed by atoms with van der Waals surface area (Å²) in [6.07, 6.45) is 1.76. The minimum atomic E-state index is -0.833. The highest BCUT2D eigenvalue weighted by Crippen LogP contribution is 2.22. The number of hydrogen-bond acceptors (Lipinski definition) is 5. The number of likely N-dealkylation sites (tertiary alicyclic amines) is 1. The molecule has 0 aliphatic carbocycles. The van der Waals surface area contributed by atoms with Crippen molar-refractivity contribution in [2.24, 2.45) is 0 Å². The van der Waals surface area contributed by atoms with Crippen LogP contribution in [0.1, 0.15) is 30.0 Å². The van der Waals surface area contributed by atoms with Crippen molar-refractivity contribution >= 4 is 35.0 Å². The highest BCUT2D eigenvalue weighted by atomic mass is 32.2. The number of nitrogens with zero attached hydrogens (tertiary/aromatic N) is 2. The van der Waals surface area contributed by atoms with E-state index in [1.165, 1.54) is 0 Å². The second kappa shape index (κ2) is 7.08. The van der Waals surface area contributed by atoms with Crippen LogP contribution in [0.4, 0.5) is 0 Å². The normalized spacial score (nSPS) is 18.4. The van der Waals surface area contributed by atoms with Gasteiger partial charge in [-0.25, -0.2) is 4.98 Å². The summed E-state index contributed by atoms with van der Waals surface area (Å²) in [6, 6.07) is -0.123. The number of hydrogen-bond donors (Lipinski definition) is 1. The molecule has 2 rings (SSSR count). The predicted molar refractivity (Wildman–Crippen MR) is 80.0 cm³/mol. The van der Waals surface area contributed by atoms with E-state index in [-0.39, 0.29) is 18.4 Å². The molecular formula is C13H18N2O3S2. The zero-order valence-corrected chi connectivity index (χ0v) is 13.0. The van der Waals surface area contributed by atoms with E-state index >= 15 is 0 Å². The molecule has 2 heterocycles. The molecule has 1 aliphatic rings. The van der Waals surface area contributed by atoms with Crippen molar-refractivity contribution in [2.75, 3.05) is 12.3 Å². The van der Waals surface area contributed by atoms with Gasteiger partial charge in [-0.3, -0.25) is 9.59 Å². The molecule has 1 atom stereocenters. The van der Waals surface area contributed by atoms with Crippen LogP contribution in [0.5, 0.6) is 0 Å². The fourth-order valence-electron chi connectivity index (χ4n) is 2.38. The van der Waals surface area contributed by atoms with E-state index in [0.717, 1.165) is 29.3 Å². The number of carbonyl (C=O) groups is 2. The maximum Gasteiger partial charge on any atom is 0.305 e. The van der Waals surface area contributed by atoms with Crippen LogP contribution in [0.15, 0.2) is 5.38 Å². The fraction of sp³-hybridized carbons (Fsp3) is 0.615. The lowest BCUT2D eigenvalue weighted by Crippen LogP contribution is -2.37. The monoisotopic (exact) mass is 314 g/mol. The maximum absolute atomic E-state index is 12.1. The molecule has 1 aliphatic heterocycles. The van der Waals surface area contributed by atoms with Crippen LogP contribution < -0.4 is 0 Å². The van der Waals surface area contributed by atoms with Gasteiger partial charge in [0, 0.05) is 23.7 Å². The van der Waals surface area contributed by atoms with Gasteiger partial charge in [-0.1, -0.05) is 0 Å². The highest BCUT2D eigenvalue weighted by Gasteiger charge is 2.29. The molecule has 0 aromatic carbocycles. The second-order valence-electron chi connectivity index (χ2n) is 4.83. The van der Waals surface area contributed by atoms with E-state index in [2.05, 4.69) is 4.98 Å². The van der Waals surface area contributed by atoms with Crippen molar-refractivity contribution in [2.45, 2.75) is 38.0 Å². The average Bonchev–Trinajstić information content (AvgIpc) is 2.98. The summed E-state index contributed by atoms with van der Waals surface area (Å²) in [4.78, 5) is 29.0. The van der Waals surface area contributed by atoms with E-state index in [1.54, 1.807) is 28.0 Å². The molecule has 20 heavy (non-hydrogen) atoms. The minimum Gasteiger partial charge on any atom is -0.481 e. The van der Waals surface area contributed by atoms with Crippen molar-refractivity contribution in [3.8, 4) is 0 Å². The molecule has 110 valence electrons. The second-order valence-corrected chi connectivity index (χ2v) is 6.88. The number of carboxylic acid groups (broad SMARTS) is 1. The average molecular weight is 314 g/mol. The third-order valence-corrected chi connectivity index (χ3v) is 5.02. The summed E-state index contributed by atoms with van der Waals surface area (Å²) in [7, 11) is 0. The first kappa shape index (κ1) is 15.3. The summed E-state index contributed by atoms with van der Waals surface area (Å²) in [5.74, 6) is 0.339. The van der Waals surface area contributed by atoms with Crippen LogP contribution in [0, 0.1) is 6.92 Å².